The molecule has 0 bridgehead atoms. The Morgan fingerprint density at radius 1 is 1.29 bits per heavy atom. The smallest absolute Gasteiger partial charge is 0.200 e. The Hall–Kier alpha value is -1.16. The number of rotatable bonds is 6. The monoisotopic (exact) mass is 243 g/mol. The van der Waals surface area contributed by atoms with E-state index in [0.29, 0.717) is 12.5 Å². The fraction of sp³-hybridized carbons (Fsp3) is 0.538. The fourth-order valence-electron chi connectivity index (χ4n) is 1.52. The highest BCUT2D eigenvalue weighted by Gasteiger charge is 2.15. The van der Waals surface area contributed by atoms with E-state index in [-0.39, 0.29) is 11.8 Å². The zero-order chi connectivity index (χ0) is 12.8. The van der Waals surface area contributed by atoms with Crippen molar-refractivity contribution in [2.24, 2.45) is 5.92 Å². The van der Waals surface area contributed by atoms with Crippen LogP contribution in [0.2, 0.25) is 0 Å². The molecule has 0 spiro atoms. The summed E-state index contributed by atoms with van der Waals surface area (Å²) in [5.74, 6) is -1.47. The molecule has 1 unspecified atom stereocenters. The first-order valence-corrected chi connectivity index (χ1v) is 5.86. The van der Waals surface area contributed by atoms with E-state index in [1.807, 2.05) is 6.92 Å². The van der Waals surface area contributed by atoms with Gasteiger partial charge in [0.05, 0.1) is 0 Å². The minimum absolute atomic E-state index is 0.0337. The van der Waals surface area contributed by atoms with Crippen molar-refractivity contribution in [1.82, 2.24) is 5.32 Å². The minimum Gasteiger partial charge on any atom is -0.489 e. The van der Waals surface area contributed by atoms with Crippen LogP contribution in [0.1, 0.15) is 20.8 Å². The summed E-state index contributed by atoms with van der Waals surface area (Å²) in [6.45, 7) is 7.25. The molecular formula is C13H19F2NO. The van der Waals surface area contributed by atoms with Crippen LogP contribution >= 0.6 is 0 Å². The zero-order valence-electron chi connectivity index (χ0n) is 10.5. The van der Waals surface area contributed by atoms with Crippen molar-refractivity contribution in [2.75, 3.05) is 13.2 Å². The first-order valence-electron chi connectivity index (χ1n) is 5.86. The second kappa shape index (κ2) is 6.55. The lowest BCUT2D eigenvalue weighted by Gasteiger charge is -2.22. The van der Waals surface area contributed by atoms with E-state index in [0.717, 1.165) is 12.6 Å². The number of likely N-dealkylation sites (N-methyl/N-ethyl adjacent to an activating group) is 1. The number of hydrogen-bond acceptors (Lipinski definition) is 2. The molecule has 0 aliphatic rings. The van der Waals surface area contributed by atoms with E-state index in [4.69, 9.17) is 4.74 Å². The van der Waals surface area contributed by atoms with Gasteiger partial charge in [0.25, 0.3) is 0 Å². The van der Waals surface area contributed by atoms with Crippen molar-refractivity contribution < 1.29 is 13.5 Å². The molecule has 1 aromatic carbocycles. The Kier molecular flexibility index (Phi) is 5.35. The van der Waals surface area contributed by atoms with E-state index >= 15 is 0 Å². The van der Waals surface area contributed by atoms with Crippen molar-refractivity contribution in [2.45, 2.75) is 26.8 Å². The maximum Gasteiger partial charge on any atom is 0.200 e. The Morgan fingerprint density at radius 3 is 2.59 bits per heavy atom. The summed E-state index contributed by atoms with van der Waals surface area (Å²) in [5, 5.41) is 3.25. The van der Waals surface area contributed by atoms with Gasteiger partial charge in [-0.15, -0.1) is 0 Å². The Bertz CT molecular complexity index is 355. The van der Waals surface area contributed by atoms with Crippen LogP contribution in [0.4, 0.5) is 8.78 Å². The molecule has 4 heteroatoms. The molecule has 96 valence electrons. The van der Waals surface area contributed by atoms with Gasteiger partial charge in [-0.05, 0) is 24.6 Å². The van der Waals surface area contributed by atoms with Crippen molar-refractivity contribution in [3.8, 4) is 5.75 Å². The van der Waals surface area contributed by atoms with Crippen LogP contribution < -0.4 is 10.1 Å². The number of nitrogens with one attached hydrogen (secondary N) is 1. The van der Waals surface area contributed by atoms with Gasteiger partial charge in [-0.1, -0.05) is 26.8 Å². The topological polar surface area (TPSA) is 21.3 Å². The molecule has 0 heterocycles. The van der Waals surface area contributed by atoms with Gasteiger partial charge in [-0.3, -0.25) is 0 Å². The lowest BCUT2D eigenvalue weighted by Crippen LogP contribution is -2.38. The number of hydrogen-bond donors (Lipinski definition) is 1. The summed E-state index contributed by atoms with van der Waals surface area (Å²) in [6, 6.07) is 4.07. The van der Waals surface area contributed by atoms with Crippen molar-refractivity contribution >= 4 is 0 Å². The molecule has 1 atom stereocenters. The SMILES string of the molecule is CCNC(COc1cccc(F)c1F)C(C)C. The highest BCUT2D eigenvalue weighted by atomic mass is 19.2. The Labute approximate surface area is 101 Å². The average molecular weight is 243 g/mol. The number of halogens is 2. The first kappa shape index (κ1) is 13.9. The summed E-state index contributed by atoms with van der Waals surface area (Å²) in [4.78, 5) is 0. The van der Waals surface area contributed by atoms with Gasteiger partial charge in [0.15, 0.2) is 11.6 Å². The number of benzene rings is 1. The van der Waals surface area contributed by atoms with Gasteiger partial charge in [-0.2, -0.15) is 4.39 Å². The molecule has 0 aliphatic heterocycles. The van der Waals surface area contributed by atoms with Crippen LogP contribution in [0.5, 0.6) is 5.75 Å². The molecular weight excluding hydrogens is 224 g/mol. The molecule has 1 rings (SSSR count). The van der Waals surface area contributed by atoms with Crippen LogP contribution in [0, 0.1) is 17.6 Å². The molecule has 0 fully saturated rings. The van der Waals surface area contributed by atoms with E-state index < -0.39 is 11.6 Å². The summed E-state index contributed by atoms with van der Waals surface area (Å²) in [5.41, 5.74) is 0. The maximum absolute atomic E-state index is 13.3. The van der Waals surface area contributed by atoms with Crippen LogP contribution in [0.3, 0.4) is 0 Å². The molecule has 0 amide bonds. The van der Waals surface area contributed by atoms with E-state index in [2.05, 4.69) is 19.2 Å². The molecule has 2 nitrogen and oxygen atoms in total. The predicted octanol–water partition coefficient (Wildman–Crippen LogP) is 2.98. The molecule has 0 radical (unpaired) electrons. The van der Waals surface area contributed by atoms with E-state index in [1.165, 1.54) is 12.1 Å². The zero-order valence-corrected chi connectivity index (χ0v) is 10.5. The average Bonchev–Trinajstić information content (AvgIpc) is 2.29. The van der Waals surface area contributed by atoms with Crippen molar-refractivity contribution in [1.29, 1.82) is 0 Å². The summed E-state index contributed by atoms with van der Waals surface area (Å²) >= 11 is 0. The normalized spacial score (nSPS) is 12.8. The third kappa shape index (κ3) is 3.97. The van der Waals surface area contributed by atoms with Gasteiger partial charge < -0.3 is 10.1 Å². The van der Waals surface area contributed by atoms with Gasteiger partial charge in [-0.25, -0.2) is 4.39 Å². The quantitative estimate of drug-likeness (QED) is 0.829. The van der Waals surface area contributed by atoms with E-state index in [1.54, 1.807) is 0 Å². The van der Waals surface area contributed by atoms with Crippen molar-refractivity contribution in [3.63, 3.8) is 0 Å². The van der Waals surface area contributed by atoms with Crippen LogP contribution in [0.25, 0.3) is 0 Å². The van der Waals surface area contributed by atoms with Gasteiger partial charge in [0, 0.05) is 6.04 Å². The molecule has 1 N–H and O–H groups in total. The maximum atomic E-state index is 13.3. The molecule has 0 saturated heterocycles. The van der Waals surface area contributed by atoms with Crippen molar-refractivity contribution in [3.05, 3.63) is 29.8 Å². The predicted molar refractivity (Wildman–Crippen MR) is 64.2 cm³/mol. The summed E-state index contributed by atoms with van der Waals surface area (Å²) in [7, 11) is 0. The van der Waals surface area contributed by atoms with E-state index in [9.17, 15) is 8.78 Å². The first-order chi connectivity index (χ1) is 8.06. The van der Waals surface area contributed by atoms with Gasteiger partial charge >= 0.3 is 0 Å². The Balaban J connectivity index is 2.62. The third-order valence-corrected chi connectivity index (χ3v) is 2.61. The molecule has 0 saturated carbocycles. The van der Waals surface area contributed by atoms with Crippen LogP contribution in [-0.2, 0) is 0 Å². The molecule has 17 heavy (non-hydrogen) atoms. The largest absolute Gasteiger partial charge is 0.489 e. The second-order valence-corrected chi connectivity index (χ2v) is 4.27. The molecule has 0 aliphatic carbocycles. The van der Waals surface area contributed by atoms with Gasteiger partial charge in [0.2, 0.25) is 5.82 Å². The molecule has 0 aromatic heterocycles. The summed E-state index contributed by atoms with van der Waals surface area (Å²) in [6.07, 6.45) is 0. The third-order valence-electron chi connectivity index (χ3n) is 2.61. The highest BCUT2D eigenvalue weighted by molar-refractivity contribution is 5.25. The molecule has 1 aromatic rings. The van der Waals surface area contributed by atoms with Gasteiger partial charge in [0.1, 0.15) is 6.61 Å². The van der Waals surface area contributed by atoms with Crippen LogP contribution in [-0.4, -0.2) is 19.2 Å². The van der Waals surface area contributed by atoms with Crippen LogP contribution in [0.15, 0.2) is 18.2 Å². The fourth-order valence-corrected chi connectivity index (χ4v) is 1.52. The lowest BCUT2D eigenvalue weighted by atomic mass is 10.1. The minimum atomic E-state index is -0.925. The Morgan fingerprint density at radius 2 is 2.00 bits per heavy atom. The number of ether oxygens (including phenoxy) is 1. The summed E-state index contributed by atoms with van der Waals surface area (Å²) < 4.78 is 31.6. The second-order valence-electron chi connectivity index (χ2n) is 4.27. The highest BCUT2D eigenvalue weighted by Crippen LogP contribution is 2.19. The lowest BCUT2D eigenvalue weighted by molar-refractivity contribution is 0.222. The standard InChI is InChI=1S/C13H19F2NO/c1-4-16-11(9(2)3)8-17-12-7-5-6-10(14)13(12)15/h5-7,9,11,16H,4,8H2,1-3H3.